The Morgan fingerprint density at radius 1 is 1.00 bits per heavy atom. The molecule has 0 aromatic heterocycles. The van der Waals surface area contributed by atoms with Crippen molar-refractivity contribution in [3.8, 4) is 0 Å². The Labute approximate surface area is 91.3 Å². The minimum atomic E-state index is -3.66. The summed E-state index contributed by atoms with van der Waals surface area (Å²) in [4.78, 5) is 0. The fourth-order valence-electron chi connectivity index (χ4n) is 1.18. The minimum absolute atomic E-state index is 0.216. The Morgan fingerprint density at radius 2 is 1.56 bits per heavy atom. The predicted molar refractivity (Wildman–Crippen MR) is 49.6 cm³/mol. The van der Waals surface area contributed by atoms with Crippen molar-refractivity contribution in [2.24, 2.45) is 0 Å². The molecule has 0 fully saturated rings. The molecule has 0 heterocycles. The van der Waals surface area contributed by atoms with E-state index >= 15 is 0 Å². The van der Waals surface area contributed by atoms with E-state index in [1.54, 1.807) is 0 Å². The molecule has 3 atom stereocenters. The maximum atomic E-state index is 13.0. The van der Waals surface area contributed by atoms with Crippen LogP contribution in [0.5, 0.6) is 0 Å². The average molecular weight is 246 g/mol. The highest BCUT2D eigenvalue weighted by atomic mass is 19.2. The lowest BCUT2D eigenvalue weighted by Crippen LogP contribution is -2.50. The SMILES string of the molecule is OC(C(F)C(F)CCCCCF)C(O)(O)O. The zero-order valence-electron chi connectivity index (χ0n) is 8.69. The monoisotopic (exact) mass is 246 g/mol. The molecule has 0 saturated carbocycles. The van der Waals surface area contributed by atoms with Gasteiger partial charge in [0.1, 0.15) is 6.17 Å². The van der Waals surface area contributed by atoms with Crippen molar-refractivity contribution in [2.45, 2.75) is 50.1 Å². The summed E-state index contributed by atoms with van der Waals surface area (Å²) in [5.74, 6) is -3.66. The largest absolute Gasteiger partial charge is 0.382 e. The summed E-state index contributed by atoms with van der Waals surface area (Å²) < 4.78 is 37.7. The lowest BCUT2D eigenvalue weighted by atomic mass is 10.0. The lowest BCUT2D eigenvalue weighted by Gasteiger charge is -2.25. The third-order valence-corrected chi connectivity index (χ3v) is 2.16. The fraction of sp³-hybridized carbons (Fsp3) is 1.00. The van der Waals surface area contributed by atoms with Crippen LogP contribution in [0.3, 0.4) is 0 Å². The standard InChI is InChI=1S/C9H17F3O4/c10-5-3-1-2-4-6(11)7(12)8(13)9(14,15)16/h6-8,13-16H,1-5H2. The molecule has 7 heteroatoms. The van der Waals surface area contributed by atoms with Gasteiger partial charge in [-0.25, -0.2) is 8.78 Å². The quantitative estimate of drug-likeness (QED) is 0.364. The minimum Gasteiger partial charge on any atom is -0.382 e. The average Bonchev–Trinajstić information content (AvgIpc) is 2.20. The highest BCUT2D eigenvalue weighted by Gasteiger charge is 2.41. The molecule has 16 heavy (non-hydrogen) atoms. The molecule has 0 aliphatic carbocycles. The van der Waals surface area contributed by atoms with Gasteiger partial charge in [-0.3, -0.25) is 4.39 Å². The Hall–Kier alpha value is -0.370. The smallest absolute Gasteiger partial charge is 0.306 e. The molecule has 0 aromatic rings. The van der Waals surface area contributed by atoms with Crippen LogP contribution < -0.4 is 0 Å². The maximum absolute atomic E-state index is 13.0. The Morgan fingerprint density at radius 3 is 2.00 bits per heavy atom. The molecule has 3 unspecified atom stereocenters. The van der Waals surface area contributed by atoms with Crippen LogP contribution in [0, 0.1) is 0 Å². The zero-order chi connectivity index (χ0) is 12.8. The van der Waals surface area contributed by atoms with E-state index in [9.17, 15) is 13.2 Å². The van der Waals surface area contributed by atoms with Gasteiger partial charge in [-0.05, 0) is 12.8 Å². The van der Waals surface area contributed by atoms with Gasteiger partial charge in [0.15, 0.2) is 12.3 Å². The summed E-state index contributed by atoms with van der Waals surface area (Å²) >= 11 is 0. The fourth-order valence-corrected chi connectivity index (χ4v) is 1.18. The van der Waals surface area contributed by atoms with E-state index < -0.39 is 31.1 Å². The number of aliphatic hydroxyl groups is 4. The lowest BCUT2D eigenvalue weighted by molar-refractivity contribution is -0.365. The number of aliphatic hydroxyl groups excluding tert-OH is 1. The first-order chi connectivity index (χ1) is 7.30. The van der Waals surface area contributed by atoms with Crippen LogP contribution in [-0.4, -0.2) is 51.5 Å². The second-order valence-corrected chi connectivity index (χ2v) is 3.63. The van der Waals surface area contributed by atoms with E-state index in [1.165, 1.54) is 0 Å². The molecule has 4 N–H and O–H groups in total. The molecule has 98 valence electrons. The Bertz CT molecular complexity index is 186. The van der Waals surface area contributed by atoms with Crippen LogP contribution in [0.15, 0.2) is 0 Å². The van der Waals surface area contributed by atoms with E-state index in [0.29, 0.717) is 6.42 Å². The van der Waals surface area contributed by atoms with Crippen molar-refractivity contribution in [1.82, 2.24) is 0 Å². The number of unbranched alkanes of at least 4 members (excludes halogenated alkanes) is 2. The number of hydrogen-bond acceptors (Lipinski definition) is 4. The normalized spacial score (nSPS) is 18.2. The Balaban J connectivity index is 3.93. The molecule has 0 bridgehead atoms. The van der Waals surface area contributed by atoms with Crippen LogP contribution in [0.1, 0.15) is 25.7 Å². The second kappa shape index (κ2) is 7.05. The van der Waals surface area contributed by atoms with E-state index in [0.717, 1.165) is 0 Å². The van der Waals surface area contributed by atoms with Crippen LogP contribution >= 0.6 is 0 Å². The predicted octanol–water partition coefficient (Wildman–Crippen LogP) is 0.184. The molecule has 0 aliphatic heterocycles. The first kappa shape index (κ1) is 15.6. The number of rotatable bonds is 8. The van der Waals surface area contributed by atoms with Gasteiger partial charge in [0.2, 0.25) is 0 Å². The maximum Gasteiger partial charge on any atom is 0.306 e. The van der Waals surface area contributed by atoms with Crippen LogP contribution in [0.4, 0.5) is 13.2 Å². The molecule has 0 rings (SSSR count). The van der Waals surface area contributed by atoms with Gasteiger partial charge >= 0.3 is 5.97 Å². The number of alkyl halides is 3. The van der Waals surface area contributed by atoms with Gasteiger partial charge in [0.25, 0.3) is 0 Å². The van der Waals surface area contributed by atoms with E-state index in [-0.39, 0.29) is 19.3 Å². The van der Waals surface area contributed by atoms with Crippen molar-refractivity contribution in [1.29, 1.82) is 0 Å². The highest BCUT2D eigenvalue weighted by molar-refractivity contribution is 4.80. The van der Waals surface area contributed by atoms with E-state index in [1.807, 2.05) is 0 Å². The summed E-state index contributed by atoms with van der Waals surface area (Å²) in [6.07, 6.45) is -6.82. The molecule has 0 aromatic carbocycles. The van der Waals surface area contributed by atoms with Crippen molar-refractivity contribution >= 4 is 0 Å². The van der Waals surface area contributed by atoms with Crippen molar-refractivity contribution in [2.75, 3.05) is 6.67 Å². The third-order valence-electron chi connectivity index (χ3n) is 2.16. The molecule has 0 amide bonds. The van der Waals surface area contributed by atoms with Crippen molar-refractivity contribution < 1.29 is 33.6 Å². The third kappa shape index (κ3) is 5.64. The highest BCUT2D eigenvalue weighted by Crippen LogP contribution is 2.20. The van der Waals surface area contributed by atoms with Crippen molar-refractivity contribution in [3.05, 3.63) is 0 Å². The summed E-state index contributed by atoms with van der Waals surface area (Å²) in [5.41, 5.74) is 0. The summed E-state index contributed by atoms with van der Waals surface area (Å²) in [5, 5.41) is 34.1. The molecule has 0 radical (unpaired) electrons. The number of halogens is 3. The van der Waals surface area contributed by atoms with Crippen LogP contribution in [0.2, 0.25) is 0 Å². The molecule has 0 spiro atoms. The zero-order valence-corrected chi connectivity index (χ0v) is 8.69. The van der Waals surface area contributed by atoms with Gasteiger partial charge in [-0.15, -0.1) is 0 Å². The first-order valence-corrected chi connectivity index (χ1v) is 5.00. The topological polar surface area (TPSA) is 80.9 Å². The summed E-state index contributed by atoms with van der Waals surface area (Å²) in [7, 11) is 0. The van der Waals surface area contributed by atoms with Gasteiger partial charge in [-0.1, -0.05) is 12.8 Å². The molecule has 4 nitrogen and oxygen atoms in total. The second-order valence-electron chi connectivity index (χ2n) is 3.63. The molecular weight excluding hydrogens is 229 g/mol. The molecule has 0 saturated heterocycles. The van der Waals surface area contributed by atoms with Crippen LogP contribution in [-0.2, 0) is 0 Å². The molecular formula is C9H17F3O4. The summed E-state index contributed by atoms with van der Waals surface area (Å²) in [6, 6.07) is 0. The summed E-state index contributed by atoms with van der Waals surface area (Å²) in [6.45, 7) is -0.536. The Kier molecular flexibility index (Phi) is 6.89. The van der Waals surface area contributed by atoms with Gasteiger partial charge < -0.3 is 20.4 Å². The first-order valence-electron chi connectivity index (χ1n) is 5.00. The van der Waals surface area contributed by atoms with Crippen LogP contribution in [0.25, 0.3) is 0 Å². The van der Waals surface area contributed by atoms with Crippen molar-refractivity contribution in [3.63, 3.8) is 0 Å². The van der Waals surface area contributed by atoms with E-state index in [2.05, 4.69) is 0 Å². The number of hydrogen-bond donors (Lipinski definition) is 4. The van der Waals surface area contributed by atoms with Gasteiger partial charge in [0, 0.05) is 0 Å². The van der Waals surface area contributed by atoms with Gasteiger partial charge in [0.05, 0.1) is 6.67 Å². The van der Waals surface area contributed by atoms with E-state index in [4.69, 9.17) is 20.4 Å². The molecule has 0 aliphatic rings. The van der Waals surface area contributed by atoms with Gasteiger partial charge in [-0.2, -0.15) is 0 Å².